The van der Waals surface area contributed by atoms with Gasteiger partial charge in [0.05, 0.1) is 6.10 Å². The highest BCUT2D eigenvalue weighted by Crippen LogP contribution is 2.48. The Kier molecular flexibility index (Phi) is 9.50. The lowest BCUT2D eigenvalue weighted by molar-refractivity contribution is -0.142. The summed E-state index contributed by atoms with van der Waals surface area (Å²) in [6, 6.07) is 3.46. The van der Waals surface area contributed by atoms with Gasteiger partial charge >= 0.3 is 13.8 Å². The number of carbonyl (C=O) groups excluding carboxylic acids is 1. The van der Waals surface area contributed by atoms with E-state index in [1.807, 2.05) is 20.8 Å². The number of esters is 1. The van der Waals surface area contributed by atoms with Crippen LogP contribution in [-0.2, 0) is 24.8 Å². The number of aromatic hydroxyl groups is 1. The molecule has 0 spiro atoms. The summed E-state index contributed by atoms with van der Waals surface area (Å²) in [5.74, 6) is -0.706. The Hall–Kier alpha value is -1.92. The lowest BCUT2D eigenvalue weighted by atomic mass is 9.73. The Bertz CT molecular complexity index is 950. The Balaban J connectivity index is 2.44. The van der Waals surface area contributed by atoms with Gasteiger partial charge in [-0.15, -0.1) is 0 Å². The molecule has 4 atom stereocenters. The third-order valence-corrected chi connectivity index (χ3v) is 6.88. The molecule has 0 radical (unpaired) electrons. The summed E-state index contributed by atoms with van der Waals surface area (Å²) in [4.78, 5) is 22.7. The zero-order chi connectivity index (χ0) is 24.9. The number of allylic oxidation sites excluding steroid dienone is 3. The van der Waals surface area contributed by atoms with Crippen LogP contribution < -0.4 is 4.74 Å². The van der Waals surface area contributed by atoms with Gasteiger partial charge in [0.1, 0.15) is 11.5 Å². The number of carbonyl (C=O) groups is 1. The van der Waals surface area contributed by atoms with Gasteiger partial charge in [-0.2, -0.15) is 0 Å². The number of phenolic OH excluding ortho intramolecular Hbond substituents is 1. The van der Waals surface area contributed by atoms with Crippen LogP contribution in [0.15, 0.2) is 35.9 Å². The van der Waals surface area contributed by atoms with Crippen LogP contribution in [0.25, 0.3) is 0 Å². The molecule has 33 heavy (non-hydrogen) atoms. The van der Waals surface area contributed by atoms with Crippen molar-refractivity contribution in [2.45, 2.75) is 85.4 Å². The van der Waals surface area contributed by atoms with Crippen molar-refractivity contribution in [3.05, 3.63) is 47.1 Å². The second kappa shape index (κ2) is 11.5. The minimum atomic E-state index is -4.43. The fraction of sp³-hybridized carbons (Fsp3) is 0.560. The van der Waals surface area contributed by atoms with Crippen LogP contribution in [0.1, 0.15) is 77.8 Å². The van der Waals surface area contributed by atoms with Gasteiger partial charge in [0, 0.05) is 11.5 Å². The maximum absolute atomic E-state index is 12.8. The summed E-state index contributed by atoms with van der Waals surface area (Å²) in [5.41, 5.74) is 3.51. The van der Waals surface area contributed by atoms with Gasteiger partial charge in [-0.3, -0.25) is 9.05 Å². The van der Waals surface area contributed by atoms with Crippen molar-refractivity contribution in [1.29, 1.82) is 0 Å². The number of hydrogen-bond acceptors (Lipinski definition) is 6. The van der Waals surface area contributed by atoms with Crippen molar-refractivity contribution in [1.82, 2.24) is 0 Å². The lowest BCUT2D eigenvalue weighted by Crippen LogP contribution is -2.27. The number of phenols is 1. The fourth-order valence-corrected chi connectivity index (χ4v) is 5.22. The monoisotopic (exact) mass is 480 g/mol. The van der Waals surface area contributed by atoms with E-state index in [0.717, 1.165) is 30.4 Å². The summed E-state index contributed by atoms with van der Waals surface area (Å²) in [6.45, 7) is 14.6. The van der Waals surface area contributed by atoms with Gasteiger partial charge < -0.3 is 14.7 Å². The maximum Gasteiger partial charge on any atom is 0.473 e. The quantitative estimate of drug-likeness (QED) is 0.178. The van der Waals surface area contributed by atoms with Crippen molar-refractivity contribution in [2.75, 3.05) is 0 Å². The molecule has 0 bridgehead atoms. The van der Waals surface area contributed by atoms with E-state index in [1.165, 1.54) is 12.5 Å². The number of phosphoric ester groups is 1. The van der Waals surface area contributed by atoms with E-state index < -0.39 is 26.0 Å². The van der Waals surface area contributed by atoms with E-state index in [-0.39, 0.29) is 23.3 Å². The molecule has 1 aliphatic rings. The van der Waals surface area contributed by atoms with Crippen molar-refractivity contribution >= 4 is 13.8 Å². The minimum absolute atomic E-state index is 0.0514. The summed E-state index contributed by atoms with van der Waals surface area (Å²) >= 11 is 0. The zero-order valence-corrected chi connectivity index (χ0v) is 21.4. The molecule has 0 saturated heterocycles. The zero-order valence-electron chi connectivity index (χ0n) is 20.5. The molecule has 0 aromatic heterocycles. The van der Waals surface area contributed by atoms with Gasteiger partial charge in [-0.25, -0.2) is 9.36 Å². The second-order valence-electron chi connectivity index (χ2n) is 9.10. The number of phosphoric acid groups is 1. The van der Waals surface area contributed by atoms with E-state index in [1.54, 1.807) is 26.0 Å². The Labute approximate surface area is 197 Å². The SMILES string of the molecule is C=C(C)[C@@H]1CCC(C)=C[C@H]1c1c(O)cc(CCC)cc1OC(=O)C(C)OP(=O)(O)OC(C)C. The van der Waals surface area contributed by atoms with Crippen LogP contribution in [0, 0.1) is 5.92 Å². The molecule has 2 N–H and O–H groups in total. The molecule has 0 saturated carbocycles. The first-order chi connectivity index (χ1) is 15.3. The summed E-state index contributed by atoms with van der Waals surface area (Å²) < 4.78 is 27.6. The smallest absolute Gasteiger partial charge is 0.473 e. The summed E-state index contributed by atoms with van der Waals surface area (Å²) in [5, 5.41) is 11.0. The predicted molar refractivity (Wildman–Crippen MR) is 128 cm³/mol. The molecule has 7 nitrogen and oxygen atoms in total. The highest BCUT2D eigenvalue weighted by Gasteiger charge is 2.34. The van der Waals surface area contributed by atoms with Crippen LogP contribution in [-0.4, -0.2) is 28.2 Å². The molecule has 1 aromatic carbocycles. The third-order valence-electron chi connectivity index (χ3n) is 5.61. The Morgan fingerprint density at radius 3 is 2.52 bits per heavy atom. The first kappa shape index (κ1) is 27.3. The predicted octanol–water partition coefficient (Wildman–Crippen LogP) is 6.20. The fourth-order valence-electron chi connectivity index (χ4n) is 4.15. The highest BCUT2D eigenvalue weighted by atomic mass is 31.2. The summed E-state index contributed by atoms with van der Waals surface area (Å²) in [7, 11) is -4.43. The molecular weight excluding hydrogens is 443 g/mol. The molecular formula is C25H37O7P. The van der Waals surface area contributed by atoms with Crippen LogP contribution in [0.5, 0.6) is 11.5 Å². The average molecular weight is 481 g/mol. The number of rotatable bonds is 10. The molecule has 0 aliphatic heterocycles. The average Bonchev–Trinajstić information content (AvgIpc) is 2.66. The molecule has 0 heterocycles. The van der Waals surface area contributed by atoms with E-state index in [9.17, 15) is 19.4 Å². The summed E-state index contributed by atoms with van der Waals surface area (Å²) in [6.07, 6.45) is 3.54. The molecule has 8 heteroatoms. The molecule has 2 rings (SSSR count). The Morgan fingerprint density at radius 1 is 1.27 bits per heavy atom. The van der Waals surface area contributed by atoms with Crippen LogP contribution in [0.2, 0.25) is 0 Å². The number of hydrogen-bond donors (Lipinski definition) is 2. The lowest BCUT2D eigenvalue weighted by Gasteiger charge is -2.32. The number of benzene rings is 1. The van der Waals surface area contributed by atoms with Crippen LogP contribution >= 0.6 is 7.82 Å². The van der Waals surface area contributed by atoms with Crippen molar-refractivity contribution in [2.24, 2.45) is 5.92 Å². The van der Waals surface area contributed by atoms with Crippen LogP contribution in [0.4, 0.5) is 0 Å². The van der Waals surface area contributed by atoms with Gasteiger partial charge in [-0.05, 0) is 77.5 Å². The molecule has 1 aromatic rings. The number of aryl methyl sites for hydroxylation is 1. The largest absolute Gasteiger partial charge is 0.507 e. The van der Waals surface area contributed by atoms with E-state index >= 15 is 0 Å². The highest BCUT2D eigenvalue weighted by molar-refractivity contribution is 7.47. The first-order valence-corrected chi connectivity index (χ1v) is 12.9. The van der Waals surface area contributed by atoms with Gasteiger partial charge in [0.25, 0.3) is 0 Å². The van der Waals surface area contributed by atoms with E-state index in [0.29, 0.717) is 12.0 Å². The topological polar surface area (TPSA) is 102 Å². The molecule has 1 aliphatic carbocycles. The minimum Gasteiger partial charge on any atom is -0.507 e. The normalized spacial score (nSPS) is 21.3. The van der Waals surface area contributed by atoms with Crippen molar-refractivity contribution in [3.8, 4) is 11.5 Å². The first-order valence-electron chi connectivity index (χ1n) is 11.4. The van der Waals surface area contributed by atoms with Gasteiger partial charge in [0.15, 0.2) is 6.10 Å². The second-order valence-corrected chi connectivity index (χ2v) is 10.5. The number of ether oxygens (including phenoxy) is 1. The van der Waals surface area contributed by atoms with E-state index in [4.69, 9.17) is 13.8 Å². The maximum atomic E-state index is 12.8. The molecule has 184 valence electrons. The van der Waals surface area contributed by atoms with Gasteiger partial charge in [-0.1, -0.05) is 37.1 Å². The van der Waals surface area contributed by atoms with Gasteiger partial charge in [0.2, 0.25) is 0 Å². The molecule has 0 amide bonds. The molecule has 0 fully saturated rings. The van der Waals surface area contributed by atoms with E-state index in [2.05, 4.69) is 12.7 Å². The Morgan fingerprint density at radius 2 is 1.94 bits per heavy atom. The standard InChI is InChI=1S/C25H37O7P/c1-8-9-19-13-22(26)24(21-12-17(6)10-11-20(21)15(2)3)23(14-19)30-25(27)18(7)32-33(28,29)31-16(4)5/h12-14,16,18,20-21,26H,2,8-11H2,1,3-7H3,(H,28,29)/t18?,20-,21+/m0/s1. The van der Waals surface area contributed by atoms with Crippen LogP contribution in [0.3, 0.4) is 0 Å². The van der Waals surface area contributed by atoms with Crippen molar-refractivity contribution < 1.29 is 33.1 Å². The third kappa shape index (κ3) is 7.54. The molecule has 2 unspecified atom stereocenters. The van der Waals surface area contributed by atoms with Crippen molar-refractivity contribution in [3.63, 3.8) is 0 Å².